The van der Waals surface area contributed by atoms with Crippen LogP contribution in [0.15, 0.2) is 60.9 Å². The molecule has 0 bridgehead atoms. The number of fused-ring (bicyclic) bond motifs is 2. The molecular weight excluding hydrogens is 556 g/mol. The van der Waals surface area contributed by atoms with Crippen LogP contribution in [-0.2, 0) is 17.9 Å². The van der Waals surface area contributed by atoms with E-state index in [4.69, 9.17) is 10.1 Å². The average molecular weight is 579 g/mol. The Balaban J connectivity index is 1.24. The summed E-state index contributed by atoms with van der Waals surface area (Å²) in [6.45, 7) is 0.571. The van der Waals surface area contributed by atoms with E-state index >= 15 is 0 Å². The lowest BCUT2D eigenvalue weighted by atomic mass is 10.1. The maximum Gasteiger partial charge on any atom is 0.260 e. The molecule has 0 spiro atoms. The molecule has 1 saturated carbocycles. The highest BCUT2D eigenvalue weighted by molar-refractivity contribution is 5.83. The van der Waals surface area contributed by atoms with Crippen molar-refractivity contribution in [3.63, 3.8) is 0 Å². The van der Waals surface area contributed by atoms with Gasteiger partial charge in [0.05, 0.1) is 24.1 Å². The molecule has 42 heavy (non-hydrogen) atoms. The number of pyridine rings is 1. The van der Waals surface area contributed by atoms with Crippen LogP contribution < -0.4 is 5.32 Å². The number of carbonyl (C=O) groups excluding carboxylic acids is 1. The topological polar surface area (TPSA) is 113 Å². The maximum atomic E-state index is 13.7. The number of nitrogens with zero attached hydrogens (tertiary/aromatic N) is 7. The summed E-state index contributed by atoms with van der Waals surface area (Å²) in [4.78, 5) is 26.7. The largest absolute Gasteiger partial charge is 0.369 e. The van der Waals surface area contributed by atoms with Gasteiger partial charge in [0.1, 0.15) is 29.1 Å². The van der Waals surface area contributed by atoms with Crippen LogP contribution in [0.4, 0.5) is 23.4 Å². The van der Waals surface area contributed by atoms with E-state index in [1.165, 1.54) is 33.8 Å². The fraction of sp³-hybridized carbons (Fsp3) is 0.250. The highest BCUT2D eigenvalue weighted by atomic mass is 19.3. The summed E-state index contributed by atoms with van der Waals surface area (Å²) in [7, 11) is 0. The number of rotatable bonds is 6. The van der Waals surface area contributed by atoms with Crippen molar-refractivity contribution in [3.05, 3.63) is 84.1 Å². The molecule has 0 radical (unpaired) electrons. The molecule has 1 aromatic carbocycles. The molecule has 0 saturated heterocycles. The van der Waals surface area contributed by atoms with Crippen molar-refractivity contribution in [2.45, 2.75) is 31.7 Å². The predicted octanol–water partition coefficient (Wildman–Crippen LogP) is 4.03. The summed E-state index contributed by atoms with van der Waals surface area (Å²) >= 11 is 0. The lowest BCUT2D eigenvalue weighted by molar-refractivity contribution is -0.136. The van der Waals surface area contributed by atoms with E-state index in [9.17, 15) is 27.5 Å². The first-order valence-corrected chi connectivity index (χ1v) is 13.1. The molecule has 5 heterocycles. The van der Waals surface area contributed by atoms with E-state index in [1.54, 1.807) is 30.5 Å². The summed E-state index contributed by atoms with van der Waals surface area (Å²) in [6.07, 6.45) is 1.11. The van der Waals surface area contributed by atoms with Crippen molar-refractivity contribution in [2.75, 3.05) is 11.9 Å². The van der Waals surface area contributed by atoms with Crippen molar-refractivity contribution in [1.82, 2.24) is 34.0 Å². The van der Waals surface area contributed by atoms with Gasteiger partial charge in [0, 0.05) is 42.9 Å². The minimum Gasteiger partial charge on any atom is -0.369 e. The molecule has 7 rings (SSSR count). The third kappa shape index (κ3) is 4.62. The summed E-state index contributed by atoms with van der Waals surface area (Å²) in [5.74, 6) is -5.21. The molecule has 14 heteroatoms. The van der Waals surface area contributed by atoms with Gasteiger partial charge in [-0.2, -0.15) is 9.49 Å². The maximum absolute atomic E-state index is 13.7. The number of alkyl halides is 2. The van der Waals surface area contributed by atoms with Crippen molar-refractivity contribution in [3.8, 4) is 22.6 Å². The van der Waals surface area contributed by atoms with E-state index < -0.39 is 42.2 Å². The van der Waals surface area contributed by atoms with E-state index in [2.05, 4.69) is 15.3 Å². The first kappa shape index (κ1) is 26.1. The zero-order valence-corrected chi connectivity index (χ0v) is 21.8. The Morgan fingerprint density at radius 2 is 1.86 bits per heavy atom. The molecule has 2 atom stereocenters. The molecule has 1 aliphatic heterocycles. The smallest absolute Gasteiger partial charge is 0.260 e. The molecule has 2 unspecified atom stereocenters. The van der Waals surface area contributed by atoms with Crippen LogP contribution in [0.1, 0.15) is 24.0 Å². The van der Waals surface area contributed by atoms with E-state index in [-0.39, 0.29) is 24.5 Å². The number of hydrogen-bond acceptors (Lipinski definition) is 7. The van der Waals surface area contributed by atoms with Crippen molar-refractivity contribution < 1.29 is 27.5 Å². The summed E-state index contributed by atoms with van der Waals surface area (Å²) in [5.41, 5.74) is 2.94. The van der Waals surface area contributed by atoms with Gasteiger partial charge in [-0.3, -0.25) is 4.79 Å². The quantitative estimate of drug-likeness (QED) is 0.178. The number of nitrogens with one attached hydrogen (secondary N) is 1. The predicted molar refractivity (Wildman–Crippen MR) is 141 cm³/mol. The van der Waals surface area contributed by atoms with Crippen molar-refractivity contribution in [1.29, 1.82) is 0 Å². The van der Waals surface area contributed by atoms with E-state index in [0.717, 1.165) is 6.07 Å². The van der Waals surface area contributed by atoms with Crippen LogP contribution >= 0.6 is 0 Å². The number of imidazole rings is 2. The van der Waals surface area contributed by atoms with Crippen LogP contribution in [0, 0.1) is 17.7 Å². The number of halogens is 4. The number of anilines is 1. The molecule has 4 aromatic heterocycles. The van der Waals surface area contributed by atoms with Gasteiger partial charge < -0.3 is 19.9 Å². The number of aliphatic hydroxyl groups is 1. The number of hydrogen-bond donors (Lipinski definition) is 2. The molecular formula is C28H22F4N8O2. The number of aliphatic hydroxyl groups excluding tert-OH is 1. The molecule has 10 nitrogen and oxygen atoms in total. The Bertz CT molecular complexity index is 1840. The monoisotopic (exact) mass is 578 g/mol. The number of amides is 1. The summed E-state index contributed by atoms with van der Waals surface area (Å²) in [6, 6.07) is 11.8. The Morgan fingerprint density at radius 3 is 2.60 bits per heavy atom. The van der Waals surface area contributed by atoms with Gasteiger partial charge in [-0.1, -0.05) is 0 Å². The van der Waals surface area contributed by atoms with Gasteiger partial charge in [-0.25, -0.2) is 32.6 Å². The van der Waals surface area contributed by atoms with Crippen molar-refractivity contribution >= 4 is 17.4 Å². The molecule has 1 amide bonds. The SMILES string of the molecule is O=C(C1CC1(F)F)N1CCn2c(nc(-c3ccc(F)cc3)c2-c2ccc3nc(NC(O)c4ccnc(F)c4)cn3n2)C1. The van der Waals surface area contributed by atoms with Crippen LogP contribution in [-0.4, -0.2) is 57.5 Å². The minimum absolute atomic E-state index is 0.0501. The Morgan fingerprint density at radius 1 is 1.07 bits per heavy atom. The standard InChI is InChI=1S/C28H22F4N8O2/c29-17-3-1-15(2-4-17)24-25(39-10-9-38(14-23(39)36-24)27(42)18-12-28(18,31)32)19-5-6-22-34-21(13-40(22)37-19)35-26(41)16-7-8-33-20(30)11-16/h1-8,11,13,18,26,35,41H,9-10,12,14H2. The minimum atomic E-state index is -2.96. The second-order valence-corrected chi connectivity index (χ2v) is 10.3. The highest BCUT2D eigenvalue weighted by Gasteiger charge is 2.62. The first-order chi connectivity index (χ1) is 20.2. The van der Waals surface area contributed by atoms with Gasteiger partial charge in [-0.15, -0.1) is 0 Å². The van der Waals surface area contributed by atoms with Crippen LogP contribution in [0.25, 0.3) is 28.3 Å². The zero-order valence-electron chi connectivity index (χ0n) is 21.8. The molecule has 2 aliphatic rings. The molecule has 2 N–H and O–H groups in total. The molecule has 1 aliphatic carbocycles. The van der Waals surface area contributed by atoms with Gasteiger partial charge >= 0.3 is 0 Å². The van der Waals surface area contributed by atoms with Gasteiger partial charge in [0.2, 0.25) is 11.9 Å². The lowest BCUT2D eigenvalue weighted by Gasteiger charge is -2.28. The van der Waals surface area contributed by atoms with Gasteiger partial charge in [0.25, 0.3) is 5.92 Å². The fourth-order valence-electron chi connectivity index (χ4n) is 5.18. The fourth-order valence-corrected chi connectivity index (χ4v) is 5.18. The second-order valence-electron chi connectivity index (χ2n) is 10.3. The van der Waals surface area contributed by atoms with E-state index in [0.29, 0.717) is 40.7 Å². The number of carbonyl (C=O) groups is 1. The third-order valence-electron chi connectivity index (χ3n) is 7.44. The molecule has 214 valence electrons. The lowest BCUT2D eigenvalue weighted by Crippen LogP contribution is -2.40. The number of aromatic nitrogens is 6. The average Bonchev–Trinajstić information content (AvgIpc) is 3.28. The van der Waals surface area contributed by atoms with Crippen LogP contribution in [0.3, 0.4) is 0 Å². The molecule has 1 fully saturated rings. The third-order valence-corrected chi connectivity index (χ3v) is 7.44. The highest BCUT2D eigenvalue weighted by Crippen LogP contribution is 2.50. The van der Waals surface area contributed by atoms with Gasteiger partial charge in [-0.05, 0) is 42.5 Å². The Kier molecular flexibility index (Phi) is 5.97. The first-order valence-electron chi connectivity index (χ1n) is 13.1. The van der Waals surface area contributed by atoms with Gasteiger partial charge in [0.15, 0.2) is 11.9 Å². The Hall–Kier alpha value is -4.85. The van der Waals surface area contributed by atoms with Crippen LogP contribution in [0.5, 0.6) is 0 Å². The Labute approximate surface area is 235 Å². The van der Waals surface area contributed by atoms with E-state index in [1.807, 2.05) is 4.57 Å². The number of benzene rings is 1. The summed E-state index contributed by atoms with van der Waals surface area (Å²) in [5, 5.41) is 18.0. The normalized spacial score (nSPS) is 18.1. The van der Waals surface area contributed by atoms with Crippen molar-refractivity contribution in [2.24, 2.45) is 5.92 Å². The zero-order chi connectivity index (χ0) is 29.2. The second kappa shape index (κ2) is 9.62. The summed E-state index contributed by atoms with van der Waals surface area (Å²) < 4.78 is 57.8. The molecule has 5 aromatic rings. The van der Waals surface area contributed by atoms with Crippen LogP contribution in [0.2, 0.25) is 0 Å².